The SMILES string of the molecule is C=CCOc1c(C)c(OCC=C)c(OCC=C)c2c1C[C@H]1[C@H]3c4c(cc(C)c(OC)c4C)C[C@H]([C@H](C#N)N1[C@H]2CO)N3C. The van der Waals surface area contributed by atoms with Gasteiger partial charge in [0, 0.05) is 28.8 Å². The number of piperazine rings is 1. The Balaban J connectivity index is 1.80. The molecule has 8 nitrogen and oxygen atoms in total. The molecule has 228 valence electrons. The van der Waals surface area contributed by atoms with Crippen molar-refractivity contribution >= 4 is 0 Å². The molecule has 1 saturated heterocycles. The highest BCUT2D eigenvalue weighted by atomic mass is 16.5. The van der Waals surface area contributed by atoms with E-state index in [4.69, 9.17) is 18.9 Å². The second-order valence-electron chi connectivity index (χ2n) is 11.6. The fraction of sp³-hybridized carbons (Fsp3) is 0.457. The molecule has 2 aromatic rings. The van der Waals surface area contributed by atoms with Crippen LogP contribution >= 0.6 is 0 Å². The molecule has 1 fully saturated rings. The molecule has 1 N–H and O–H groups in total. The molecule has 0 unspecified atom stereocenters. The number of benzene rings is 2. The van der Waals surface area contributed by atoms with E-state index in [0.717, 1.165) is 40.0 Å². The first kappa shape index (κ1) is 30.7. The number of rotatable bonds is 11. The molecule has 0 aliphatic carbocycles. The zero-order valence-electron chi connectivity index (χ0n) is 26.0. The van der Waals surface area contributed by atoms with Crippen LogP contribution in [0.5, 0.6) is 23.0 Å². The van der Waals surface area contributed by atoms with E-state index in [0.29, 0.717) is 30.3 Å². The van der Waals surface area contributed by atoms with Gasteiger partial charge >= 0.3 is 0 Å². The van der Waals surface area contributed by atoms with Gasteiger partial charge in [0.1, 0.15) is 37.4 Å². The van der Waals surface area contributed by atoms with Gasteiger partial charge in [-0.25, -0.2) is 0 Å². The van der Waals surface area contributed by atoms with Crippen LogP contribution in [0.25, 0.3) is 0 Å². The molecule has 0 spiro atoms. The summed E-state index contributed by atoms with van der Waals surface area (Å²) in [6, 6.07) is 3.67. The Morgan fingerprint density at radius 3 is 2.12 bits per heavy atom. The molecule has 3 aliphatic heterocycles. The summed E-state index contributed by atoms with van der Waals surface area (Å²) in [5.41, 5.74) is 7.29. The van der Waals surface area contributed by atoms with Crippen molar-refractivity contribution in [1.82, 2.24) is 9.80 Å². The second kappa shape index (κ2) is 12.5. The second-order valence-corrected chi connectivity index (χ2v) is 11.6. The minimum Gasteiger partial charge on any atom is -0.496 e. The monoisotopic (exact) mass is 585 g/mol. The van der Waals surface area contributed by atoms with Crippen molar-refractivity contribution < 1.29 is 24.1 Å². The number of aliphatic hydroxyl groups is 1. The minimum absolute atomic E-state index is 0.0307. The standard InChI is InChI=1S/C35H43N3O5/c1-9-12-41-33-22(6)34(42-13-10-2)35(43-14-11-3)30-24(33)17-26-31-29-21(5)32(40-8)20(4)15-23(29)16-25(37(31)7)27(18-36)38(26)28(30)19-39/h9-11,15,25-28,31,39H,1-3,12-14,16-17,19H2,4-8H3/t25-,26+,27+,28+,31+/m1/s1. The van der Waals surface area contributed by atoms with Gasteiger partial charge in [0.15, 0.2) is 11.5 Å². The predicted octanol–water partition coefficient (Wildman–Crippen LogP) is 5.08. The average Bonchev–Trinajstić information content (AvgIpc) is 2.99. The van der Waals surface area contributed by atoms with Crippen LogP contribution in [-0.4, -0.2) is 73.6 Å². The lowest BCUT2D eigenvalue weighted by Gasteiger charge is -2.60. The summed E-state index contributed by atoms with van der Waals surface area (Å²) in [5.74, 6) is 2.68. The van der Waals surface area contributed by atoms with Gasteiger partial charge in [-0.2, -0.15) is 5.26 Å². The third-order valence-electron chi connectivity index (χ3n) is 9.34. The van der Waals surface area contributed by atoms with Crippen LogP contribution in [-0.2, 0) is 12.8 Å². The van der Waals surface area contributed by atoms with Gasteiger partial charge in [-0.05, 0) is 62.9 Å². The number of fused-ring (bicyclic) bond motifs is 7. The van der Waals surface area contributed by atoms with Crippen LogP contribution in [0, 0.1) is 32.1 Å². The molecule has 0 amide bonds. The number of aryl methyl sites for hydroxylation is 1. The number of aliphatic hydroxyl groups excluding tert-OH is 1. The van der Waals surface area contributed by atoms with Gasteiger partial charge in [0.05, 0.1) is 31.9 Å². The molecular weight excluding hydrogens is 542 g/mol. The summed E-state index contributed by atoms with van der Waals surface area (Å²) in [6.45, 7) is 18.3. The molecule has 0 radical (unpaired) electrons. The maximum atomic E-state index is 11.2. The third-order valence-corrected chi connectivity index (χ3v) is 9.34. The number of methoxy groups -OCH3 is 1. The van der Waals surface area contributed by atoms with E-state index in [1.807, 2.05) is 6.92 Å². The zero-order chi connectivity index (χ0) is 31.0. The third kappa shape index (κ3) is 4.80. The summed E-state index contributed by atoms with van der Waals surface area (Å²) in [7, 11) is 3.85. The van der Waals surface area contributed by atoms with E-state index in [2.05, 4.69) is 62.6 Å². The number of ether oxygens (including phenoxy) is 4. The number of nitrogens with zero attached hydrogens (tertiary/aromatic N) is 3. The van der Waals surface area contributed by atoms with E-state index in [-0.39, 0.29) is 37.9 Å². The molecule has 3 heterocycles. The number of likely N-dealkylation sites (N-methyl/N-ethyl adjacent to an activating group) is 1. The van der Waals surface area contributed by atoms with Crippen LogP contribution in [0.2, 0.25) is 0 Å². The summed E-state index contributed by atoms with van der Waals surface area (Å²) < 4.78 is 24.8. The highest BCUT2D eigenvalue weighted by Crippen LogP contribution is 2.56. The van der Waals surface area contributed by atoms with Gasteiger partial charge in [0.2, 0.25) is 0 Å². The summed E-state index contributed by atoms with van der Waals surface area (Å²) >= 11 is 0. The Kier molecular flexibility index (Phi) is 8.89. The molecule has 0 aromatic heterocycles. The van der Waals surface area contributed by atoms with Crippen LogP contribution < -0.4 is 18.9 Å². The van der Waals surface area contributed by atoms with E-state index in [9.17, 15) is 10.4 Å². The number of hydrogen-bond acceptors (Lipinski definition) is 8. The molecular formula is C35H43N3O5. The normalized spacial score (nSPS) is 24.1. The molecule has 0 saturated carbocycles. The largest absolute Gasteiger partial charge is 0.496 e. The molecule has 5 rings (SSSR count). The van der Waals surface area contributed by atoms with Crippen molar-refractivity contribution in [2.45, 2.75) is 63.8 Å². The van der Waals surface area contributed by atoms with Crippen molar-refractivity contribution in [3.8, 4) is 29.1 Å². The quantitative estimate of drug-likeness (QED) is 0.366. The number of hydrogen-bond donors (Lipinski definition) is 1. The van der Waals surface area contributed by atoms with E-state index < -0.39 is 12.1 Å². The fourth-order valence-corrected chi connectivity index (χ4v) is 7.82. The molecule has 2 bridgehead atoms. The first-order valence-electron chi connectivity index (χ1n) is 14.9. The lowest BCUT2D eigenvalue weighted by molar-refractivity contribution is -0.0823. The van der Waals surface area contributed by atoms with Crippen molar-refractivity contribution in [1.29, 1.82) is 5.26 Å². The zero-order valence-corrected chi connectivity index (χ0v) is 26.0. The Labute approximate surface area is 255 Å². The molecule has 3 aliphatic rings. The van der Waals surface area contributed by atoms with Crippen LogP contribution in [0.1, 0.15) is 51.0 Å². The highest BCUT2D eigenvalue weighted by Gasteiger charge is 2.56. The van der Waals surface area contributed by atoms with Crippen LogP contribution in [0.3, 0.4) is 0 Å². The van der Waals surface area contributed by atoms with Crippen LogP contribution in [0.15, 0.2) is 44.0 Å². The summed E-state index contributed by atoms with van der Waals surface area (Å²) in [5, 5.41) is 21.9. The topological polar surface area (TPSA) is 87.4 Å². The molecule has 43 heavy (non-hydrogen) atoms. The van der Waals surface area contributed by atoms with Crippen LogP contribution in [0.4, 0.5) is 0 Å². The smallest absolute Gasteiger partial charge is 0.168 e. The van der Waals surface area contributed by atoms with Crippen molar-refractivity contribution in [3.63, 3.8) is 0 Å². The average molecular weight is 586 g/mol. The van der Waals surface area contributed by atoms with Crippen molar-refractivity contribution in [2.24, 2.45) is 0 Å². The Morgan fingerprint density at radius 2 is 1.53 bits per heavy atom. The summed E-state index contributed by atoms with van der Waals surface area (Å²) in [6.07, 6.45) is 6.41. The Hall–Kier alpha value is -3.77. The van der Waals surface area contributed by atoms with Gasteiger partial charge in [0.25, 0.3) is 0 Å². The Bertz CT molecular complexity index is 1480. The van der Waals surface area contributed by atoms with Gasteiger partial charge in [-0.3, -0.25) is 9.80 Å². The Morgan fingerprint density at radius 1 is 0.907 bits per heavy atom. The first-order chi connectivity index (χ1) is 20.8. The lowest BCUT2D eigenvalue weighted by atomic mass is 9.71. The number of nitriles is 1. The van der Waals surface area contributed by atoms with Gasteiger partial charge < -0.3 is 24.1 Å². The van der Waals surface area contributed by atoms with E-state index in [1.54, 1.807) is 25.3 Å². The van der Waals surface area contributed by atoms with Crippen molar-refractivity contribution in [2.75, 3.05) is 40.6 Å². The van der Waals surface area contributed by atoms with Gasteiger partial charge in [-0.1, -0.05) is 44.0 Å². The van der Waals surface area contributed by atoms with Crippen molar-refractivity contribution in [3.05, 3.63) is 83.0 Å². The predicted molar refractivity (Wildman–Crippen MR) is 167 cm³/mol. The summed E-state index contributed by atoms with van der Waals surface area (Å²) in [4.78, 5) is 4.60. The maximum absolute atomic E-state index is 11.2. The fourth-order valence-electron chi connectivity index (χ4n) is 7.82. The lowest BCUT2D eigenvalue weighted by Crippen LogP contribution is -2.68. The molecule has 8 heteroatoms. The van der Waals surface area contributed by atoms with Gasteiger partial charge in [-0.15, -0.1) is 0 Å². The molecule has 5 atom stereocenters. The molecule has 2 aromatic carbocycles. The maximum Gasteiger partial charge on any atom is 0.168 e. The van der Waals surface area contributed by atoms with E-state index in [1.165, 1.54) is 11.1 Å². The minimum atomic E-state index is -0.524. The first-order valence-corrected chi connectivity index (χ1v) is 14.9. The highest BCUT2D eigenvalue weighted by molar-refractivity contribution is 5.66. The van der Waals surface area contributed by atoms with E-state index >= 15 is 0 Å².